The summed E-state index contributed by atoms with van der Waals surface area (Å²) in [5.41, 5.74) is 1.45. The Bertz CT molecular complexity index is 877. The minimum absolute atomic E-state index is 0.116. The molecule has 1 aliphatic rings. The third-order valence-electron chi connectivity index (χ3n) is 3.65. The first-order valence-electron chi connectivity index (χ1n) is 7.90. The lowest BCUT2D eigenvalue weighted by molar-refractivity contribution is -0.123. The molecule has 0 saturated carbocycles. The lowest BCUT2D eigenvalue weighted by atomic mass is 10.2. The van der Waals surface area contributed by atoms with Gasteiger partial charge in [-0.3, -0.25) is 14.5 Å². The maximum Gasteiger partial charge on any atom is 0.293 e. The summed E-state index contributed by atoms with van der Waals surface area (Å²) in [6.07, 6.45) is 3.31. The van der Waals surface area contributed by atoms with Gasteiger partial charge in [0.25, 0.3) is 11.1 Å². The summed E-state index contributed by atoms with van der Waals surface area (Å²) in [6, 6.07) is 13.0. The smallest absolute Gasteiger partial charge is 0.293 e. The van der Waals surface area contributed by atoms with Crippen LogP contribution in [0.1, 0.15) is 11.1 Å². The van der Waals surface area contributed by atoms with E-state index in [1.54, 1.807) is 36.4 Å². The van der Waals surface area contributed by atoms with E-state index in [4.69, 9.17) is 4.74 Å². The highest BCUT2D eigenvalue weighted by Crippen LogP contribution is 2.33. The number of carbonyl (C=O) groups is 2. The number of carbonyl (C=O) groups excluding carboxylic acids is 2. The average molecular weight is 369 g/mol. The van der Waals surface area contributed by atoms with E-state index >= 15 is 0 Å². The molecule has 1 aliphatic heterocycles. The topological polar surface area (TPSA) is 46.6 Å². The molecule has 2 amide bonds. The largest absolute Gasteiger partial charge is 0.490 e. The molecule has 2 aromatic carbocycles. The molecule has 0 N–H and O–H groups in total. The van der Waals surface area contributed by atoms with Gasteiger partial charge in [-0.2, -0.15) is 0 Å². The fourth-order valence-corrected chi connectivity index (χ4v) is 3.25. The van der Waals surface area contributed by atoms with Gasteiger partial charge in [0.05, 0.1) is 11.4 Å². The van der Waals surface area contributed by atoms with Gasteiger partial charge in [-0.05, 0) is 53.2 Å². The SMILES string of the molecule is C=CCOc1cccc(/C=C2/SC(=O)N(Cc3ccc(F)cc3)C2=O)c1. The van der Waals surface area contributed by atoms with Crippen molar-refractivity contribution in [2.24, 2.45) is 0 Å². The Kier molecular flexibility index (Phi) is 5.53. The molecule has 3 rings (SSSR count). The van der Waals surface area contributed by atoms with Gasteiger partial charge in [0.15, 0.2) is 0 Å². The number of benzene rings is 2. The summed E-state index contributed by atoms with van der Waals surface area (Å²) in [5, 5.41) is -0.343. The Morgan fingerprint density at radius 1 is 1.15 bits per heavy atom. The number of nitrogens with zero attached hydrogens (tertiary/aromatic N) is 1. The van der Waals surface area contributed by atoms with Crippen LogP contribution in [0.3, 0.4) is 0 Å². The molecule has 1 heterocycles. The highest BCUT2D eigenvalue weighted by atomic mass is 32.2. The normalized spacial score (nSPS) is 15.6. The van der Waals surface area contributed by atoms with E-state index in [0.717, 1.165) is 22.2 Å². The summed E-state index contributed by atoms with van der Waals surface area (Å²) < 4.78 is 18.5. The van der Waals surface area contributed by atoms with Gasteiger partial charge in [0.1, 0.15) is 18.2 Å². The monoisotopic (exact) mass is 369 g/mol. The lowest BCUT2D eigenvalue weighted by Crippen LogP contribution is -2.27. The Morgan fingerprint density at radius 2 is 1.92 bits per heavy atom. The number of hydrogen-bond acceptors (Lipinski definition) is 4. The van der Waals surface area contributed by atoms with Crippen LogP contribution in [0.2, 0.25) is 0 Å². The summed E-state index contributed by atoms with van der Waals surface area (Å²) in [7, 11) is 0. The van der Waals surface area contributed by atoms with Crippen molar-refractivity contribution < 1.29 is 18.7 Å². The van der Waals surface area contributed by atoms with Crippen molar-refractivity contribution in [2.45, 2.75) is 6.54 Å². The molecule has 0 atom stereocenters. The second-order valence-corrected chi connectivity index (χ2v) is 6.56. The first-order valence-corrected chi connectivity index (χ1v) is 8.72. The Balaban J connectivity index is 1.76. The quantitative estimate of drug-likeness (QED) is 0.550. The fraction of sp³-hybridized carbons (Fsp3) is 0.100. The van der Waals surface area contributed by atoms with Crippen LogP contribution in [0.4, 0.5) is 9.18 Å². The molecule has 1 saturated heterocycles. The van der Waals surface area contributed by atoms with Crippen LogP contribution in [-0.2, 0) is 11.3 Å². The van der Waals surface area contributed by atoms with Gasteiger partial charge < -0.3 is 4.74 Å². The zero-order chi connectivity index (χ0) is 18.5. The van der Waals surface area contributed by atoms with E-state index < -0.39 is 0 Å². The van der Waals surface area contributed by atoms with Crippen molar-refractivity contribution in [3.05, 3.63) is 83.0 Å². The third-order valence-corrected chi connectivity index (χ3v) is 4.56. The zero-order valence-corrected chi connectivity index (χ0v) is 14.7. The van der Waals surface area contributed by atoms with Gasteiger partial charge in [0.2, 0.25) is 0 Å². The Labute approximate surface area is 155 Å². The molecule has 4 nitrogen and oxygen atoms in total. The molecule has 0 aromatic heterocycles. The maximum absolute atomic E-state index is 13.0. The van der Waals surface area contributed by atoms with Crippen molar-refractivity contribution in [1.29, 1.82) is 0 Å². The van der Waals surface area contributed by atoms with E-state index in [2.05, 4.69) is 6.58 Å². The number of thioether (sulfide) groups is 1. The van der Waals surface area contributed by atoms with Crippen LogP contribution in [0, 0.1) is 5.82 Å². The second-order valence-electron chi connectivity index (χ2n) is 5.57. The minimum atomic E-state index is -0.360. The van der Waals surface area contributed by atoms with Gasteiger partial charge in [-0.1, -0.05) is 36.9 Å². The first kappa shape index (κ1) is 17.9. The molecule has 2 aromatic rings. The van der Waals surface area contributed by atoms with Crippen molar-refractivity contribution in [3.63, 3.8) is 0 Å². The molecule has 0 unspecified atom stereocenters. The van der Waals surface area contributed by atoms with E-state index in [-0.39, 0.29) is 23.5 Å². The van der Waals surface area contributed by atoms with Gasteiger partial charge in [0, 0.05) is 0 Å². The predicted molar refractivity (Wildman–Crippen MR) is 100 cm³/mol. The zero-order valence-electron chi connectivity index (χ0n) is 13.9. The summed E-state index contributed by atoms with van der Waals surface area (Å²) in [5.74, 6) is -0.0627. The molecule has 0 spiro atoms. The van der Waals surface area contributed by atoms with Gasteiger partial charge in [-0.25, -0.2) is 4.39 Å². The number of rotatable bonds is 6. The Morgan fingerprint density at radius 3 is 2.65 bits per heavy atom. The van der Waals surface area contributed by atoms with E-state index in [9.17, 15) is 14.0 Å². The lowest BCUT2D eigenvalue weighted by Gasteiger charge is -2.12. The standard InChI is InChI=1S/C20H16FNO3S/c1-2-10-25-17-5-3-4-15(11-17)12-18-19(23)22(20(24)26-18)13-14-6-8-16(21)9-7-14/h2-9,11-12H,1,10,13H2/b18-12+. The Hall–Kier alpha value is -2.86. The fourth-order valence-electron chi connectivity index (χ4n) is 2.41. The van der Waals surface area contributed by atoms with Crippen LogP contribution in [0.15, 0.2) is 66.1 Å². The molecule has 0 aliphatic carbocycles. The predicted octanol–water partition coefficient (Wildman–Crippen LogP) is 4.63. The molecule has 1 fully saturated rings. The van der Waals surface area contributed by atoms with Crippen molar-refractivity contribution in [1.82, 2.24) is 4.90 Å². The average Bonchev–Trinajstić information content (AvgIpc) is 2.89. The minimum Gasteiger partial charge on any atom is -0.490 e. The highest BCUT2D eigenvalue weighted by Gasteiger charge is 2.34. The van der Waals surface area contributed by atoms with Crippen molar-refractivity contribution >= 4 is 29.0 Å². The molecule has 0 bridgehead atoms. The number of imide groups is 1. The van der Waals surface area contributed by atoms with E-state index in [1.165, 1.54) is 12.1 Å². The van der Waals surface area contributed by atoms with Gasteiger partial charge >= 0.3 is 0 Å². The van der Waals surface area contributed by atoms with Crippen LogP contribution in [0.5, 0.6) is 5.75 Å². The number of amides is 2. The highest BCUT2D eigenvalue weighted by molar-refractivity contribution is 8.18. The summed E-state index contributed by atoms with van der Waals surface area (Å²) in [4.78, 5) is 26.2. The maximum atomic E-state index is 13.0. The first-order chi connectivity index (χ1) is 12.6. The van der Waals surface area contributed by atoms with E-state index in [1.807, 2.05) is 12.1 Å². The van der Waals surface area contributed by atoms with Gasteiger partial charge in [-0.15, -0.1) is 0 Å². The molecule has 26 heavy (non-hydrogen) atoms. The van der Waals surface area contributed by atoms with Crippen LogP contribution < -0.4 is 4.74 Å². The number of halogens is 1. The van der Waals surface area contributed by atoms with Crippen molar-refractivity contribution in [3.8, 4) is 5.75 Å². The molecular formula is C20H16FNO3S. The molecule has 6 heteroatoms. The van der Waals surface area contributed by atoms with Crippen LogP contribution in [0.25, 0.3) is 6.08 Å². The van der Waals surface area contributed by atoms with E-state index in [0.29, 0.717) is 22.8 Å². The van der Waals surface area contributed by atoms with Crippen LogP contribution in [-0.4, -0.2) is 22.7 Å². The summed E-state index contributed by atoms with van der Waals surface area (Å²) in [6.45, 7) is 4.10. The van der Waals surface area contributed by atoms with Crippen molar-refractivity contribution in [2.75, 3.05) is 6.61 Å². The molecule has 0 radical (unpaired) electrons. The number of hydrogen-bond donors (Lipinski definition) is 0. The molecule has 132 valence electrons. The van der Waals surface area contributed by atoms with Crippen LogP contribution >= 0.6 is 11.8 Å². The third kappa shape index (κ3) is 4.21. The second kappa shape index (κ2) is 8.01. The summed E-state index contributed by atoms with van der Waals surface area (Å²) >= 11 is 0.890. The number of ether oxygens (including phenoxy) is 1. The molecular weight excluding hydrogens is 353 g/mol.